The maximum absolute atomic E-state index is 12.8. The highest BCUT2D eigenvalue weighted by Gasteiger charge is 2.25. The minimum Gasteiger partial charge on any atom is -0.452 e. The fraction of sp³-hybridized carbons (Fsp3) is 0.526. The molecule has 1 fully saturated rings. The highest BCUT2D eigenvalue weighted by molar-refractivity contribution is 8.01. The summed E-state index contributed by atoms with van der Waals surface area (Å²) in [5.74, 6) is -1.48. The molecule has 1 aromatic carbocycles. The van der Waals surface area contributed by atoms with Gasteiger partial charge in [-0.25, -0.2) is 4.39 Å². The number of anilines is 1. The molecule has 0 spiro atoms. The van der Waals surface area contributed by atoms with Crippen LogP contribution < -0.4 is 10.6 Å². The number of esters is 1. The molecule has 0 aromatic heterocycles. The van der Waals surface area contributed by atoms with Gasteiger partial charge in [0.15, 0.2) is 6.10 Å². The molecule has 0 heterocycles. The monoisotopic (exact) mass is 396 g/mol. The molecule has 8 heteroatoms. The summed E-state index contributed by atoms with van der Waals surface area (Å²) in [6.07, 6.45) is 3.26. The summed E-state index contributed by atoms with van der Waals surface area (Å²) in [5, 5.41) is 4.92. The highest BCUT2D eigenvalue weighted by Crippen LogP contribution is 2.18. The van der Waals surface area contributed by atoms with E-state index < -0.39 is 17.3 Å². The van der Waals surface area contributed by atoms with Crippen LogP contribution >= 0.6 is 11.8 Å². The van der Waals surface area contributed by atoms with Gasteiger partial charge in [0.1, 0.15) is 11.1 Å². The summed E-state index contributed by atoms with van der Waals surface area (Å²) in [6, 6.07) is 5.59. The Hall–Kier alpha value is -2.09. The summed E-state index contributed by atoms with van der Waals surface area (Å²) in [6.45, 7) is 3.17. The fourth-order valence-corrected chi connectivity index (χ4v) is 3.38. The highest BCUT2D eigenvalue weighted by atomic mass is 32.2. The van der Waals surface area contributed by atoms with E-state index in [1.165, 1.54) is 24.3 Å². The van der Waals surface area contributed by atoms with E-state index in [9.17, 15) is 18.8 Å². The van der Waals surface area contributed by atoms with Gasteiger partial charge < -0.3 is 15.4 Å². The van der Waals surface area contributed by atoms with E-state index in [1.807, 2.05) is 0 Å². The summed E-state index contributed by atoms with van der Waals surface area (Å²) in [4.78, 5) is 36.1. The molecule has 148 valence electrons. The molecule has 0 radical (unpaired) electrons. The quantitative estimate of drug-likeness (QED) is 0.660. The first-order valence-electron chi connectivity index (χ1n) is 9.03. The molecule has 6 nitrogen and oxygen atoms in total. The number of hydrogen-bond acceptors (Lipinski definition) is 5. The van der Waals surface area contributed by atoms with Crippen LogP contribution in [0.2, 0.25) is 0 Å². The number of carbonyl (C=O) groups is 3. The van der Waals surface area contributed by atoms with E-state index in [2.05, 4.69) is 10.6 Å². The number of ether oxygens (including phenoxy) is 1. The van der Waals surface area contributed by atoms with Gasteiger partial charge in [0, 0.05) is 11.7 Å². The Kier molecular flexibility index (Phi) is 8.09. The van der Waals surface area contributed by atoms with Crippen LogP contribution in [0.1, 0.15) is 39.5 Å². The molecule has 27 heavy (non-hydrogen) atoms. The number of benzene rings is 1. The Morgan fingerprint density at radius 1 is 1.19 bits per heavy atom. The summed E-state index contributed by atoms with van der Waals surface area (Å²) in [5.41, 5.74) is 0.481. The second kappa shape index (κ2) is 10.3. The van der Waals surface area contributed by atoms with E-state index in [0.29, 0.717) is 5.69 Å². The Bertz CT molecular complexity index is 662. The van der Waals surface area contributed by atoms with Crippen molar-refractivity contribution in [3.05, 3.63) is 30.1 Å². The lowest BCUT2D eigenvalue weighted by Crippen LogP contribution is -2.41. The zero-order valence-corrected chi connectivity index (χ0v) is 16.3. The first-order valence-corrected chi connectivity index (χ1v) is 10.1. The van der Waals surface area contributed by atoms with Gasteiger partial charge >= 0.3 is 5.97 Å². The lowest BCUT2D eigenvalue weighted by molar-refractivity contribution is -0.154. The van der Waals surface area contributed by atoms with E-state index in [-0.39, 0.29) is 29.4 Å². The van der Waals surface area contributed by atoms with Crippen molar-refractivity contribution in [2.45, 2.75) is 56.9 Å². The minimum atomic E-state index is -0.866. The first-order chi connectivity index (χ1) is 12.8. The van der Waals surface area contributed by atoms with Crippen LogP contribution in [0.3, 0.4) is 0 Å². The Balaban J connectivity index is 1.69. The van der Waals surface area contributed by atoms with Crippen LogP contribution in [0, 0.1) is 5.82 Å². The molecular formula is C19H25FN2O4S. The van der Waals surface area contributed by atoms with Gasteiger partial charge in [-0.3, -0.25) is 14.4 Å². The number of nitrogens with one attached hydrogen (secondary N) is 2. The van der Waals surface area contributed by atoms with Crippen LogP contribution in [0.25, 0.3) is 0 Å². The SMILES string of the molecule is CC(OC(=O)C(C)SCC(=O)Nc1ccc(F)cc1)C(=O)NC1CCCC1. The molecule has 0 aliphatic heterocycles. The van der Waals surface area contributed by atoms with Crippen molar-refractivity contribution in [1.29, 1.82) is 0 Å². The van der Waals surface area contributed by atoms with Gasteiger partial charge in [-0.15, -0.1) is 11.8 Å². The molecule has 1 aliphatic rings. The Morgan fingerprint density at radius 3 is 2.44 bits per heavy atom. The van der Waals surface area contributed by atoms with Crippen LogP contribution in [0.5, 0.6) is 0 Å². The molecule has 0 saturated heterocycles. The van der Waals surface area contributed by atoms with Crippen molar-refractivity contribution < 1.29 is 23.5 Å². The topological polar surface area (TPSA) is 84.5 Å². The lowest BCUT2D eigenvalue weighted by Gasteiger charge is -2.18. The molecule has 1 saturated carbocycles. The first kappa shape index (κ1) is 21.2. The molecule has 2 rings (SSSR count). The predicted octanol–water partition coefficient (Wildman–Crippen LogP) is 2.88. The lowest BCUT2D eigenvalue weighted by atomic mass is 10.2. The molecule has 2 atom stereocenters. The van der Waals surface area contributed by atoms with Gasteiger partial charge in [0.2, 0.25) is 5.91 Å². The van der Waals surface area contributed by atoms with Crippen molar-refractivity contribution in [3.8, 4) is 0 Å². The third-order valence-corrected chi connectivity index (χ3v) is 5.41. The van der Waals surface area contributed by atoms with E-state index in [4.69, 9.17) is 4.74 Å². The van der Waals surface area contributed by atoms with Crippen LogP contribution in [0.4, 0.5) is 10.1 Å². The zero-order valence-electron chi connectivity index (χ0n) is 15.5. The van der Waals surface area contributed by atoms with Gasteiger partial charge in [-0.2, -0.15) is 0 Å². The van der Waals surface area contributed by atoms with Crippen molar-refractivity contribution in [1.82, 2.24) is 5.32 Å². The van der Waals surface area contributed by atoms with Gasteiger partial charge in [0.05, 0.1) is 5.75 Å². The fourth-order valence-electron chi connectivity index (χ4n) is 2.71. The third-order valence-electron chi connectivity index (χ3n) is 4.29. The summed E-state index contributed by atoms with van der Waals surface area (Å²) in [7, 11) is 0. The number of carbonyl (C=O) groups excluding carboxylic acids is 3. The molecule has 2 unspecified atom stereocenters. The average Bonchev–Trinajstić information content (AvgIpc) is 3.14. The zero-order chi connectivity index (χ0) is 19.8. The largest absolute Gasteiger partial charge is 0.452 e. The number of halogens is 1. The van der Waals surface area contributed by atoms with Gasteiger partial charge in [0.25, 0.3) is 5.91 Å². The standard InChI is InChI=1S/C19H25FN2O4S/c1-12(18(24)22-15-5-3-4-6-15)26-19(25)13(2)27-11-17(23)21-16-9-7-14(20)8-10-16/h7-10,12-13,15H,3-6,11H2,1-2H3,(H,21,23)(H,22,24). The predicted molar refractivity (Wildman–Crippen MR) is 103 cm³/mol. The van der Waals surface area contributed by atoms with Crippen LogP contribution in [-0.2, 0) is 19.1 Å². The van der Waals surface area contributed by atoms with Crippen LogP contribution in [0.15, 0.2) is 24.3 Å². The minimum absolute atomic E-state index is 0.0380. The number of rotatable bonds is 8. The normalized spacial score (nSPS) is 16.4. The summed E-state index contributed by atoms with van der Waals surface area (Å²) < 4.78 is 18.0. The summed E-state index contributed by atoms with van der Waals surface area (Å²) >= 11 is 1.11. The molecular weight excluding hydrogens is 371 g/mol. The average molecular weight is 396 g/mol. The molecule has 2 amide bonds. The van der Waals surface area contributed by atoms with Crippen molar-refractivity contribution in [2.75, 3.05) is 11.1 Å². The Labute approximate surface area is 162 Å². The molecule has 1 aliphatic carbocycles. The van der Waals surface area contributed by atoms with E-state index >= 15 is 0 Å². The molecule has 0 bridgehead atoms. The van der Waals surface area contributed by atoms with Crippen molar-refractivity contribution in [3.63, 3.8) is 0 Å². The Morgan fingerprint density at radius 2 is 1.81 bits per heavy atom. The third kappa shape index (κ3) is 7.21. The van der Waals surface area contributed by atoms with Gasteiger partial charge in [-0.1, -0.05) is 12.8 Å². The number of amides is 2. The smallest absolute Gasteiger partial charge is 0.319 e. The van der Waals surface area contributed by atoms with Crippen molar-refractivity contribution in [2.24, 2.45) is 0 Å². The maximum atomic E-state index is 12.8. The van der Waals surface area contributed by atoms with E-state index in [1.54, 1.807) is 13.8 Å². The molecule has 2 N–H and O–H groups in total. The number of hydrogen-bond donors (Lipinski definition) is 2. The van der Waals surface area contributed by atoms with Crippen LogP contribution in [-0.4, -0.2) is 40.9 Å². The molecule has 1 aromatic rings. The number of thioether (sulfide) groups is 1. The van der Waals surface area contributed by atoms with E-state index in [0.717, 1.165) is 37.4 Å². The maximum Gasteiger partial charge on any atom is 0.319 e. The second-order valence-electron chi connectivity index (χ2n) is 6.58. The second-order valence-corrected chi connectivity index (χ2v) is 7.91. The van der Waals surface area contributed by atoms with Crippen molar-refractivity contribution >= 4 is 35.2 Å². The van der Waals surface area contributed by atoms with Gasteiger partial charge in [-0.05, 0) is 51.0 Å².